The van der Waals surface area contributed by atoms with Gasteiger partial charge in [-0.2, -0.15) is 20.2 Å². The number of carbonyl (C=O) groups is 1. The van der Waals surface area contributed by atoms with E-state index in [0.717, 1.165) is 15.6 Å². The van der Waals surface area contributed by atoms with Crippen molar-refractivity contribution in [2.24, 2.45) is 0 Å². The first-order valence-electron chi connectivity index (χ1n) is 13.5. The Morgan fingerprint density at radius 3 is 2.48 bits per heavy atom. The van der Waals surface area contributed by atoms with Gasteiger partial charge in [-0.25, -0.2) is 13.4 Å². The van der Waals surface area contributed by atoms with Crippen LogP contribution in [-0.2, 0) is 25.6 Å². The molecule has 4 aromatic rings. The number of sulfonamides is 1. The fourth-order valence-corrected chi connectivity index (χ4v) is 8.35. The Morgan fingerprint density at radius 2 is 1.79 bits per heavy atom. The van der Waals surface area contributed by atoms with Crippen molar-refractivity contribution in [1.82, 2.24) is 20.2 Å². The molecule has 0 aliphatic carbocycles. The number of sulfone groups is 1. The number of aromatic nitrogens is 2. The summed E-state index contributed by atoms with van der Waals surface area (Å²) in [7, 11) is -5.58. The van der Waals surface area contributed by atoms with Crippen LogP contribution in [0.4, 0.5) is 5.69 Å². The molecule has 0 bridgehead atoms. The van der Waals surface area contributed by atoms with E-state index in [1.165, 1.54) is 19.3 Å². The lowest BCUT2D eigenvalue weighted by molar-refractivity contribution is 0.0853. The monoisotopic (exact) mass is 627 g/mol. The molecule has 13 heteroatoms. The molecule has 222 valence electrons. The van der Waals surface area contributed by atoms with E-state index in [1.54, 1.807) is 48.2 Å². The number of anilines is 1. The maximum absolute atomic E-state index is 13.6. The summed E-state index contributed by atoms with van der Waals surface area (Å²) in [4.78, 5) is 22.8. The second kappa shape index (κ2) is 12.5. The number of hydrogen-bond donors (Lipinski definition) is 2. The minimum absolute atomic E-state index is 0.0439. The van der Waals surface area contributed by atoms with Crippen molar-refractivity contribution in [3.8, 4) is 0 Å². The van der Waals surface area contributed by atoms with Crippen LogP contribution in [0, 0.1) is 0 Å². The maximum atomic E-state index is 13.6. The van der Waals surface area contributed by atoms with Gasteiger partial charge in [0.2, 0.25) is 0 Å². The molecule has 1 saturated heterocycles. The smallest absolute Gasteiger partial charge is 0.281 e. The molecular weight excluding hydrogens is 595 g/mol. The summed E-state index contributed by atoms with van der Waals surface area (Å²) in [5, 5.41) is 3.67. The van der Waals surface area contributed by atoms with Gasteiger partial charge >= 0.3 is 0 Å². The second-order valence-corrected chi connectivity index (χ2v) is 15.8. The zero-order valence-corrected chi connectivity index (χ0v) is 25.8. The Morgan fingerprint density at radius 1 is 1.07 bits per heavy atom. The molecule has 2 N–H and O–H groups in total. The average Bonchev–Trinajstić information content (AvgIpc) is 3.44. The topological polar surface area (TPSA) is 133 Å². The van der Waals surface area contributed by atoms with Crippen molar-refractivity contribution in [1.29, 1.82) is 0 Å². The molecule has 0 spiro atoms. The van der Waals surface area contributed by atoms with Crippen LogP contribution in [0.5, 0.6) is 0 Å². The van der Waals surface area contributed by atoms with Gasteiger partial charge in [0, 0.05) is 42.7 Å². The predicted molar refractivity (Wildman–Crippen MR) is 167 cm³/mol. The average molecular weight is 628 g/mol. The lowest BCUT2D eigenvalue weighted by Crippen LogP contribution is -2.57. The van der Waals surface area contributed by atoms with Crippen LogP contribution in [0.25, 0.3) is 10.9 Å². The fourth-order valence-electron chi connectivity index (χ4n) is 4.91. The zero-order valence-electron chi connectivity index (χ0n) is 23.3. The molecule has 0 radical (unpaired) electrons. The number of fused-ring (bicyclic) bond motifs is 1. The van der Waals surface area contributed by atoms with E-state index < -0.39 is 26.0 Å². The largest absolute Gasteiger partial charge is 0.349 e. The number of carbonyl (C=O) groups excluding carboxylic acids is 1. The number of benzene rings is 2. The van der Waals surface area contributed by atoms with Gasteiger partial charge in [-0.3, -0.25) is 14.0 Å². The van der Waals surface area contributed by atoms with Gasteiger partial charge in [-0.1, -0.05) is 48.5 Å². The molecule has 0 saturated carbocycles. The van der Waals surface area contributed by atoms with Gasteiger partial charge < -0.3 is 10.3 Å². The normalized spacial score (nSPS) is 17.0. The Bertz CT molecular complexity index is 1750. The Labute approximate surface area is 250 Å². The summed E-state index contributed by atoms with van der Waals surface area (Å²) in [5.41, 5.74) is 2.31. The molecule has 2 aromatic heterocycles. The molecule has 2 unspecified atom stereocenters. The van der Waals surface area contributed by atoms with Gasteiger partial charge in [0.1, 0.15) is 5.69 Å². The van der Waals surface area contributed by atoms with E-state index in [-0.39, 0.29) is 33.4 Å². The number of H-pyrrole nitrogens is 1. The lowest BCUT2D eigenvalue weighted by atomic mass is 10.2. The van der Waals surface area contributed by atoms with Crippen molar-refractivity contribution in [3.63, 3.8) is 0 Å². The number of amides is 1. The van der Waals surface area contributed by atoms with Crippen LogP contribution in [0.3, 0.4) is 0 Å². The van der Waals surface area contributed by atoms with Crippen molar-refractivity contribution in [2.45, 2.75) is 29.1 Å². The molecule has 3 heterocycles. The Hall–Kier alpha value is -3.39. The number of pyridine rings is 1. The van der Waals surface area contributed by atoms with Gasteiger partial charge in [0.25, 0.3) is 15.9 Å². The first-order valence-corrected chi connectivity index (χ1v) is 17.8. The van der Waals surface area contributed by atoms with Crippen LogP contribution >= 0.6 is 11.8 Å². The Kier molecular flexibility index (Phi) is 8.92. The van der Waals surface area contributed by atoms with Crippen LogP contribution in [0.2, 0.25) is 0 Å². The van der Waals surface area contributed by atoms with Crippen LogP contribution in [0.15, 0.2) is 84.0 Å². The number of thioether (sulfide) groups is 1. The second-order valence-electron chi connectivity index (χ2n) is 10.2. The van der Waals surface area contributed by atoms with Crippen LogP contribution < -0.4 is 9.62 Å². The van der Waals surface area contributed by atoms with Gasteiger partial charge in [0.05, 0.1) is 28.9 Å². The molecule has 1 fully saturated rings. The molecule has 1 amide bonds. The van der Waals surface area contributed by atoms with Gasteiger partial charge in [-0.05, 0) is 36.8 Å². The van der Waals surface area contributed by atoms with E-state index in [9.17, 15) is 21.6 Å². The Balaban J connectivity index is 1.39. The number of aromatic amines is 1. The van der Waals surface area contributed by atoms with E-state index in [2.05, 4.69) is 15.3 Å². The molecule has 2 atom stereocenters. The number of nitrogens with one attached hydrogen (secondary N) is 2. The summed E-state index contributed by atoms with van der Waals surface area (Å²) in [5.74, 6) is 0.468. The van der Waals surface area contributed by atoms with Crippen LogP contribution in [-0.4, -0.2) is 80.7 Å². The van der Waals surface area contributed by atoms with Crippen molar-refractivity contribution >= 4 is 54.1 Å². The summed E-state index contributed by atoms with van der Waals surface area (Å²) >= 11 is 1.69. The quantitative estimate of drug-likeness (QED) is 0.273. The van der Waals surface area contributed by atoms with E-state index in [0.29, 0.717) is 29.7 Å². The fraction of sp³-hybridized carbons (Fsp3) is 0.310. The number of nitrogens with zero attached hydrogens (tertiary/aromatic N) is 3. The van der Waals surface area contributed by atoms with Gasteiger partial charge in [0.15, 0.2) is 14.9 Å². The highest BCUT2D eigenvalue weighted by atomic mass is 32.2. The summed E-state index contributed by atoms with van der Waals surface area (Å²) in [6.45, 7) is 2.69. The molecule has 1 aliphatic heterocycles. The third-order valence-electron chi connectivity index (χ3n) is 7.33. The SMILES string of the molecule is CC(SCc1ccccc1)C(NC(=O)c1cc2cccc(N(C)S(=O)(=O)c3ccccn3)c2[nH]1)N1CCS(=O)(=O)CC1. The van der Waals surface area contributed by atoms with E-state index >= 15 is 0 Å². The first-order chi connectivity index (χ1) is 20.0. The third-order valence-corrected chi connectivity index (χ3v) is 11.9. The minimum Gasteiger partial charge on any atom is -0.349 e. The van der Waals surface area contributed by atoms with Crippen LogP contribution in [0.1, 0.15) is 23.0 Å². The summed E-state index contributed by atoms with van der Waals surface area (Å²) < 4.78 is 51.9. The van der Waals surface area contributed by atoms with E-state index in [1.807, 2.05) is 42.2 Å². The third kappa shape index (κ3) is 6.64. The van der Waals surface area contributed by atoms with E-state index in [4.69, 9.17) is 0 Å². The molecular formula is C29H33N5O5S3. The molecule has 10 nitrogen and oxygen atoms in total. The highest BCUT2D eigenvalue weighted by Crippen LogP contribution is 2.30. The van der Waals surface area contributed by atoms with Gasteiger partial charge in [-0.15, -0.1) is 0 Å². The number of hydrogen-bond acceptors (Lipinski definition) is 8. The summed E-state index contributed by atoms with van der Waals surface area (Å²) in [6.07, 6.45) is 1.01. The number of para-hydroxylation sites is 1. The van der Waals surface area contributed by atoms with Crippen molar-refractivity contribution in [3.05, 3.63) is 90.3 Å². The standard InChI is InChI=1S/C29H33N5O5S3/c1-21(40-20-22-9-4-3-5-10-22)28(34-15-17-41(36,37)18-16-34)32-29(35)24-19-23-11-8-12-25(27(23)31-24)33(2)42(38,39)26-13-6-7-14-30-26/h3-14,19,21,28,31H,15-18,20H2,1-2H3,(H,32,35). The molecule has 2 aromatic carbocycles. The minimum atomic E-state index is -3.93. The van der Waals surface area contributed by atoms with Crippen molar-refractivity contribution in [2.75, 3.05) is 35.9 Å². The summed E-state index contributed by atoms with van der Waals surface area (Å²) in [6, 6.07) is 21.6. The highest BCUT2D eigenvalue weighted by molar-refractivity contribution is 7.99. The maximum Gasteiger partial charge on any atom is 0.281 e. The zero-order chi connectivity index (χ0) is 29.9. The molecule has 1 aliphatic rings. The van der Waals surface area contributed by atoms with Crippen molar-refractivity contribution < 1.29 is 21.6 Å². The molecule has 42 heavy (non-hydrogen) atoms. The number of rotatable bonds is 10. The molecule has 5 rings (SSSR count). The lowest BCUT2D eigenvalue weighted by Gasteiger charge is -2.37. The highest BCUT2D eigenvalue weighted by Gasteiger charge is 2.32. The first kappa shape index (κ1) is 30.1. The predicted octanol–water partition coefficient (Wildman–Crippen LogP) is 3.50.